The number of thiophene rings is 1. The Morgan fingerprint density at radius 1 is 1.00 bits per heavy atom. The zero-order valence-corrected chi connectivity index (χ0v) is 13.2. The standard InChI is InChI=1S/C17H24N2S/c1-3-9-18-11-15-4-6-16(7-5-15)12-19(2)13-17-8-10-20-14-17/h4-8,10,14,18H,3,9,11-13H2,1-2H3. The van der Waals surface area contributed by atoms with Crippen molar-refractivity contribution in [2.75, 3.05) is 13.6 Å². The molecule has 0 atom stereocenters. The molecule has 0 aliphatic carbocycles. The molecule has 0 amide bonds. The highest BCUT2D eigenvalue weighted by Crippen LogP contribution is 2.12. The van der Waals surface area contributed by atoms with Gasteiger partial charge in [-0.05, 0) is 53.5 Å². The van der Waals surface area contributed by atoms with E-state index in [1.54, 1.807) is 11.3 Å². The van der Waals surface area contributed by atoms with Crippen LogP contribution in [0.5, 0.6) is 0 Å². The summed E-state index contributed by atoms with van der Waals surface area (Å²) in [6, 6.07) is 11.1. The van der Waals surface area contributed by atoms with E-state index in [-0.39, 0.29) is 0 Å². The molecule has 1 N–H and O–H groups in total. The molecule has 20 heavy (non-hydrogen) atoms. The Labute approximate surface area is 126 Å². The van der Waals surface area contributed by atoms with E-state index in [9.17, 15) is 0 Å². The third-order valence-corrected chi connectivity index (χ3v) is 4.00. The molecule has 0 bridgehead atoms. The summed E-state index contributed by atoms with van der Waals surface area (Å²) in [6.07, 6.45) is 1.19. The summed E-state index contributed by atoms with van der Waals surface area (Å²) < 4.78 is 0. The van der Waals surface area contributed by atoms with Crippen molar-refractivity contribution >= 4 is 11.3 Å². The van der Waals surface area contributed by atoms with Crippen molar-refractivity contribution in [2.24, 2.45) is 0 Å². The SMILES string of the molecule is CCCNCc1ccc(CN(C)Cc2ccsc2)cc1. The lowest BCUT2D eigenvalue weighted by Gasteiger charge is -2.16. The van der Waals surface area contributed by atoms with Gasteiger partial charge in [-0.2, -0.15) is 11.3 Å². The zero-order valence-electron chi connectivity index (χ0n) is 12.4. The largest absolute Gasteiger partial charge is 0.313 e. The van der Waals surface area contributed by atoms with Crippen molar-refractivity contribution in [3.63, 3.8) is 0 Å². The third-order valence-electron chi connectivity index (χ3n) is 3.26. The van der Waals surface area contributed by atoms with E-state index in [2.05, 4.69) is 65.3 Å². The van der Waals surface area contributed by atoms with Crippen LogP contribution in [0.4, 0.5) is 0 Å². The Morgan fingerprint density at radius 3 is 2.35 bits per heavy atom. The summed E-state index contributed by atoms with van der Waals surface area (Å²) in [5.41, 5.74) is 4.14. The lowest BCUT2D eigenvalue weighted by molar-refractivity contribution is 0.319. The van der Waals surface area contributed by atoms with Gasteiger partial charge in [-0.1, -0.05) is 31.2 Å². The monoisotopic (exact) mass is 288 g/mol. The number of rotatable bonds is 8. The average Bonchev–Trinajstić information content (AvgIpc) is 2.94. The second-order valence-corrected chi connectivity index (χ2v) is 6.08. The molecule has 0 unspecified atom stereocenters. The van der Waals surface area contributed by atoms with Crippen LogP contribution < -0.4 is 5.32 Å². The van der Waals surface area contributed by atoms with Crippen molar-refractivity contribution in [2.45, 2.75) is 33.0 Å². The van der Waals surface area contributed by atoms with E-state index < -0.39 is 0 Å². The van der Waals surface area contributed by atoms with E-state index in [0.29, 0.717) is 0 Å². The molecule has 0 fully saturated rings. The summed E-state index contributed by atoms with van der Waals surface area (Å²) in [7, 11) is 2.17. The molecule has 1 aromatic heterocycles. The summed E-state index contributed by atoms with van der Waals surface area (Å²) in [5, 5.41) is 7.79. The number of hydrogen-bond acceptors (Lipinski definition) is 3. The van der Waals surface area contributed by atoms with E-state index in [1.807, 2.05) is 0 Å². The topological polar surface area (TPSA) is 15.3 Å². The maximum atomic E-state index is 3.43. The van der Waals surface area contributed by atoms with Crippen molar-refractivity contribution in [3.8, 4) is 0 Å². The summed E-state index contributed by atoms with van der Waals surface area (Å²) in [6.45, 7) is 6.27. The molecule has 0 saturated carbocycles. The summed E-state index contributed by atoms with van der Waals surface area (Å²) in [4.78, 5) is 2.35. The Kier molecular flexibility index (Phi) is 6.25. The Balaban J connectivity index is 1.80. The third kappa shape index (κ3) is 5.08. The van der Waals surface area contributed by atoms with Crippen LogP contribution in [-0.4, -0.2) is 18.5 Å². The van der Waals surface area contributed by atoms with Crippen LogP contribution in [0.3, 0.4) is 0 Å². The molecule has 1 aromatic carbocycles. The second-order valence-electron chi connectivity index (χ2n) is 5.30. The normalized spacial score (nSPS) is 11.2. The molecule has 3 heteroatoms. The van der Waals surface area contributed by atoms with Gasteiger partial charge in [0.25, 0.3) is 0 Å². The van der Waals surface area contributed by atoms with Crippen molar-refractivity contribution in [1.29, 1.82) is 0 Å². The molecule has 0 aliphatic heterocycles. The van der Waals surface area contributed by atoms with Crippen LogP contribution >= 0.6 is 11.3 Å². The molecule has 0 radical (unpaired) electrons. The van der Waals surface area contributed by atoms with Gasteiger partial charge < -0.3 is 5.32 Å². The molecule has 0 saturated heterocycles. The van der Waals surface area contributed by atoms with Crippen LogP contribution in [0.1, 0.15) is 30.0 Å². The fourth-order valence-corrected chi connectivity index (χ4v) is 2.89. The fourth-order valence-electron chi connectivity index (χ4n) is 2.23. The van der Waals surface area contributed by atoms with Crippen molar-refractivity contribution in [1.82, 2.24) is 10.2 Å². The Morgan fingerprint density at radius 2 is 1.70 bits per heavy atom. The van der Waals surface area contributed by atoms with Crippen LogP contribution in [0, 0.1) is 0 Å². The highest BCUT2D eigenvalue weighted by Gasteiger charge is 2.02. The summed E-state index contributed by atoms with van der Waals surface area (Å²) >= 11 is 1.77. The minimum atomic E-state index is 0.971. The molecule has 2 nitrogen and oxygen atoms in total. The van der Waals surface area contributed by atoms with Gasteiger partial charge in [-0.25, -0.2) is 0 Å². The first-order valence-corrected chi connectivity index (χ1v) is 8.20. The Hall–Kier alpha value is -1.16. The lowest BCUT2D eigenvalue weighted by atomic mass is 10.1. The lowest BCUT2D eigenvalue weighted by Crippen LogP contribution is -2.17. The smallest absolute Gasteiger partial charge is 0.0242 e. The fraction of sp³-hybridized carbons (Fsp3) is 0.412. The molecular formula is C17H24N2S. The predicted octanol–water partition coefficient (Wildman–Crippen LogP) is 3.88. The van der Waals surface area contributed by atoms with Gasteiger partial charge in [0.1, 0.15) is 0 Å². The van der Waals surface area contributed by atoms with Gasteiger partial charge in [0.05, 0.1) is 0 Å². The average molecular weight is 288 g/mol. The maximum Gasteiger partial charge on any atom is 0.0242 e. The van der Waals surface area contributed by atoms with Gasteiger partial charge in [-0.15, -0.1) is 0 Å². The van der Waals surface area contributed by atoms with Crippen LogP contribution in [0.25, 0.3) is 0 Å². The first kappa shape index (κ1) is 15.2. The van der Waals surface area contributed by atoms with E-state index >= 15 is 0 Å². The zero-order chi connectivity index (χ0) is 14.2. The van der Waals surface area contributed by atoms with Crippen molar-refractivity contribution < 1.29 is 0 Å². The number of nitrogens with zero attached hydrogens (tertiary/aromatic N) is 1. The first-order chi connectivity index (χ1) is 9.78. The minimum Gasteiger partial charge on any atom is -0.313 e. The van der Waals surface area contributed by atoms with Gasteiger partial charge in [0.15, 0.2) is 0 Å². The quantitative estimate of drug-likeness (QED) is 0.742. The van der Waals surface area contributed by atoms with Crippen LogP contribution in [0.15, 0.2) is 41.1 Å². The number of benzene rings is 1. The van der Waals surface area contributed by atoms with Gasteiger partial charge in [0, 0.05) is 19.6 Å². The minimum absolute atomic E-state index is 0.971. The molecule has 2 rings (SSSR count). The summed E-state index contributed by atoms with van der Waals surface area (Å²) in [5.74, 6) is 0. The number of nitrogens with one attached hydrogen (secondary N) is 1. The van der Waals surface area contributed by atoms with Gasteiger partial charge >= 0.3 is 0 Å². The highest BCUT2D eigenvalue weighted by atomic mass is 32.1. The molecule has 0 aliphatic rings. The Bertz CT molecular complexity index is 476. The van der Waals surface area contributed by atoms with E-state index in [4.69, 9.17) is 0 Å². The molecule has 0 spiro atoms. The van der Waals surface area contributed by atoms with Crippen LogP contribution in [-0.2, 0) is 19.6 Å². The first-order valence-electron chi connectivity index (χ1n) is 7.26. The van der Waals surface area contributed by atoms with E-state index in [0.717, 1.165) is 26.2 Å². The molecule has 108 valence electrons. The van der Waals surface area contributed by atoms with Gasteiger partial charge in [-0.3, -0.25) is 4.90 Å². The maximum absolute atomic E-state index is 3.43. The number of hydrogen-bond donors (Lipinski definition) is 1. The van der Waals surface area contributed by atoms with Gasteiger partial charge in [0.2, 0.25) is 0 Å². The molecular weight excluding hydrogens is 264 g/mol. The second kappa shape index (κ2) is 8.20. The molecule has 1 heterocycles. The van der Waals surface area contributed by atoms with Crippen molar-refractivity contribution in [3.05, 3.63) is 57.8 Å². The molecule has 2 aromatic rings. The predicted molar refractivity (Wildman–Crippen MR) is 87.9 cm³/mol. The van der Waals surface area contributed by atoms with Crippen LogP contribution in [0.2, 0.25) is 0 Å². The van der Waals surface area contributed by atoms with E-state index in [1.165, 1.54) is 23.1 Å². The highest BCUT2D eigenvalue weighted by molar-refractivity contribution is 7.07.